The average molecular weight is 544 g/mol. The van der Waals surface area contributed by atoms with E-state index in [1.54, 1.807) is 19.1 Å². The number of hydrogen-bond donors (Lipinski definition) is 2. The molecule has 210 valence electrons. The van der Waals surface area contributed by atoms with Gasteiger partial charge in [-0.25, -0.2) is 9.78 Å². The van der Waals surface area contributed by atoms with Gasteiger partial charge in [0.2, 0.25) is 11.8 Å². The summed E-state index contributed by atoms with van der Waals surface area (Å²) in [7, 11) is 4.36. The van der Waals surface area contributed by atoms with E-state index in [0.717, 1.165) is 0 Å². The molecule has 13 nitrogen and oxygen atoms in total. The fraction of sp³-hybridized carbons (Fsp3) is 0.462. The van der Waals surface area contributed by atoms with Gasteiger partial charge in [0.25, 0.3) is 5.91 Å². The Bertz CT molecular complexity index is 1290. The molecule has 3 rings (SSSR count). The number of pyridine rings is 1. The van der Waals surface area contributed by atoms with Crippen molar-refractivity contribution >= 4 is 40.7 Å². The summed E-state index contributed by atoms with van der Waals surface area (Å²) in [6, 6.07) is 4.60. The minimum atomic E-state index is -1.11. The van der Waals surface area contributed by atoms with Crippen LogP contribution >= 0.6 is 0 Å². The summed E-state index contributed by atoms with van der Waals surface area (Å²) < 4.78 is 10.7. The van der Waals surface area contributed by atoms with Crippen molar-refractivity contribution in [2.45, 2.75) is 25.7 Å². The highest BCUT2D eigenvalue weighted by Crippen LogP contribution is 2.38. The van der Waals surface area contributed by atoms with Crippen LogP contribution in [0.25, 0.3) is 10.9 Å². The summed E-state index contributed by atoms with van der Waals surface area (Å²) in [5.74, 6) is -3.94. The maximum absolute atomic E-state index is 13.8. The van der Waals surface area contributed by atoms with Crippen molar-refractivity contribution < 1.29 is 38.6 Å². The molecular weight excluding hydrogens is 510 g/mol. The average Bonchev–Trinajstić information content (AvgIpc) is 2.91. The summed E-state index contributed by atoms with van der Waals surface area (Å²) in [4.78, 5) is 72.0. The molecule has 0 radical (unpaired) electrons. The van der Waals surface area contributed by atoms with Crippen LogP contribution in [0.5, 0.6) is 5.75 Å². The van der Waals surface area contributed by atoms with Gasteiger partial charge in [0.1, 0.15) is 0 Å². The molecule has 2 aromatic rings. The van der Waals surface area contributed by atoms with Crippen LogP contribution in [0.15, 0.2) is 18.2 Å². The minimum Gasteiger partial charge on any atom is -0.494 e. The van der Waals surface area contributed by atoms with Gasteiger partial charge in [0, 0.05) is 57.6 Å². The monoisotopic (exact) mass is 543 g/mol. The van der Waals surface area contributed by atoms with E-state index in [1.165, 1.54) is 42.0 Å². The third-order valence-corrected chi connectivity index (χ3v) is 6.48. The molecule has 4 amide bonds. The Balaban J connectivity index is 2.15. The topological polar surface area (TPSA) is 173 Å². The largest absolute Gasteiger partial charge is 0.494 e. The third kappa shape index (κ3) is 6.19. The molecule has 0 bridgehead atoms. The van der Waals surface area contributed by atoms with E-state index in [2.05, 4.69) is 4.98 Å². The molecule has 1 saturated heterocycles. The van der Waals surface area contributed by atoms with Crippen molar-refractivity contribution in [2.24, 2.45) is 5.73 Å². The van der Waals surface area contributed by atoms with Crippen molar-refractivity contribution in [2.75, 3.05) is 54.0 Å². The second kappa shape index (κ2) is 12.4. The van der Waals surface area contributed by atoms with Gasteiger partial charge in [-0.15, -0.1) is 0 Å². The molecule has 13 heteroatoms. The van der Waals surface area contributed by atoms with Crippen LogP contribution in [-0.4, -0.2) is 109 Å². The SMILES string of the molecule is CCOC(=O)N1CCN(C(=O)C(CCC(=O)O)c2nc3cccc(C(N)=O)c3c(C(=O)N(C)C)c2OC)CC1. The fourth-order valence-corrected chi connectivity index (χ4v) is 4.58. The van der Waals surface area contributed by atoms with Gasteiger partial charge in [-0.3, -0.25) is 19.2 Å². The van der Waals surface area contributed by atoms with Crippen LogP contribution in [0, 0.1) is 0 Å². The molecule has 1 aromatic carbocycles. The first-order chi connectivity index (χ1) is 18.5. The number of benzene rings is 1. The third-order valence-electron chi connectivity index (χ3n) is 6.48. The predicted octanol–water partition coefficient (Wildman–Crippen LogP) is 1.29. The van der Waals surface area contributed by atoms with Crippen LogP contribution in [0.3, 0.4) is 0 Å². The van der Waals surface area contributed by atoms with E-state index in [9.17, 15) is 29.1 Å². The van der Waals surface area contributed by atoms with Gasteiger partial charge in [0.15, 0.2) is 5.75 Å². The summed E-state index contributed by atoms with van der Waals surface area (Å²) in [6.45, 7) is 2.82. The number of aliphatic carboxylic acids is 1. The van der Waals surface area contributed by atoms with E-state index in [0.29, 0.717) is 0 Å². The predicted molar refractivity (Wildman–Crippen MR) is 140 cm³/mol. The molecule has 1 aliphatic rings. The second-order valence-corrected chi connectivity index (χ2v) is 9.17. The number of nitrogens with zero attached hydrogens (tertiary/aromatic N) is 4. The number of nitrogens with two attached hydrogens (primary N) is 1. The second-order valence-electron chi connectivity index (χ2n) is 9.17. The summed E-state index contributed by atoms with van der Waals surface area (Å²) in [5.41, 5.74) is 5.96. The quantitative estimate of drug-likeness (QED) is 0.472. The van der Waals surface area contributed by atoms with E-state index in [1.807, 2.05) is 0 Å². The van der Waals surface area contributed by atoms with Crippen LogP contribution in [0.1, 0.15) is 52.1 Å². The van der Waals surface area contributed by atoms with Crippen molar-refractivity contribution in [3.05, 3.63) is 35.0 Å². The van der Waals surface area contributed by atoms with Crippen molar-refractivity contribution in [3.63, 3.8) is 0 Å². The molecule has 0 saturated carbocycles. The molecular formula is C26H33N5O8. The molecule has 1 unspecified atom stereocenters. The summed E-state index contributed by atoms with van der Waals surface area (Å²) >= 11 is 0. The maximum Gasteiger partial charge on any atom is 0.409 e. The first-order valence-corrected chi connectivity index (χ1v) is 12.5. The first-order valence-electron chi connectivity index (χ1n) is 12.5. The van der Waals surface area contributed by atoms with Crippen LogP contribution in [0.2, 0.25) is 0 Å². The number of primary amides is 1. The molecule has 1 atom stereocenters. The normalized spacial score (nSPS) is 14.1. The fourth-order valence-electron chi connectivity index (χ4n) is 4.58. The number of methoxy groups -OCH3 is 1. The molecule has 0 aliphatic carbocycles. The molecule has 3 N–H and O–H groups in total. The van der Waals surface area contributed by atoms with Crippen LogP contribution in [-0.2, 0) is 14.3 Å². The van der Waals surface area contributed by atoms with E-state index in [4.69, 9.17) is 15.2 Å². The Kier molecular flexibility index (Phi) is 9.28. The van der Waals surface area contributed by atoms with Gasteiger partial charge < -0.3 is 35.0 Å². The zero-order valence-electron chi connectivity index (χ0n) is 22.4. The zero-order chi connectivity index (χ0) is 28.9. The standard InChI is InChI=1S/C26H33N5O8/c1-5-39-26(37)31-13-11-30(12-14-31)24(35)16(9-10-18(32)33)21-22(38-4)20(25(36)29(2)3)19-15(23(27)34)7-6-8-17(19)28-21/h6-8,16H,5,9-14H2,1-4H3,(H2,27,34)(H,32,33). The Hall–Kier alpha value is -4.42. The summed E-state index contributed by atoms with van der Waals surface area (Å²) in [6.07, 6.45) is -0.936. The number of aromatic nitrogens is 1. The molecule has 2 heterocycles. The number of amides is 4. The van der Waals surface area contributed by atoms with Gasteiger partial charge in [0.05, 0.1) is 36.4 Å². The Labute approximate surface area is 225 Å². The van der Waals surface area contributed by atoms with Crippen molar-refractivity contribution in [1.82, 2.24) is 19.7 Å². The van der Waals surface area contributed by atoms with Gasteiger partial charge in [-0.2, -0.15) is 0 Å². The highest BCUT2D eigenvalue weighted by Gasteiger charge is 2.36. The Morgan fingerprint density at radius 1 is 1.10 bits per heavy atom. The van der Waals surface area contributed by atoms with Crippen molar-refractivity contribution in [3.8, 4) is 5.75 Å². The number of fused-ring (bicyclic) bond motifs is 1. The molecule has 1 aliphatic heterocycles. The van der Waals surface area contributed by atoms with E-state index in [-0.39, 0.29) is 79.1 Å². The van der Waals surface area contributed by atoms with Crippen molar-refractivity contribution in [1.29, 1.82) is 0 Å². The van der Waals surface area contributed by atoms with E-state index >= 15 is 0 Å². The zero-order valence-corrected chi connectivity index (χ0v) is 22.4. The Morgan fingerprint density at radius 3 is 2.28 bits per heavy atom. The lowest BCUT2D eigenvalue weighted by molar-refractivity contribution is -0.138. The molecule has 1 fully saturated rings. The number of carbonyl (C=O) groups is 5. The Morgan fingerprint density at radius 2 is 1.74 bits per heavy atom. The number of hydrogen-bond acceptors (Lipinski definition) is 8. The lowest BCUT2D eigenvalue weighted by Gasteiger charge is -2.36. The minimum absolute atomic E-state index is 0.00263. The lowest BCUT2D eigenvalue weighted by atomic mass is 9.91. The number of piperazine rings is 1. The number of carboxylic acids is 1. The number of rotatable bonds is 9. The molecule has 0 spiro atoms. The van der Waals surface area contributed by atoms with Gasteiger partial charge >= 0.3 is 12.1 Å². The summed E-state index contributed by atoms with van der Waals surface area (Å²) in [5, 5.41) is 9.59. The highest BCUT2D eigenvalue weighted by molar-refractivity contribution is 6.16. The van der Waals surface area contributed by atoms with Gasteiger partial charge in [-0.1, -0.05) is 6.07 Å². The van der Waals surface area contributed by atoms with E-state index < -0.39 is 35.7 Å². The van der Waals surface area contributed by atoms with Crippen LogP contribution < -0.4 is 10.5 Å². The lowest BCUT2D eigenvalue weighted by Crippen LogP contribution is -2.51. The number of carbonyl (C=O) groups excluding carboxylic acids is 4. The number of carboxylic acid groups (broad SMARTS) is 1. The highest BCUT2D eigenvalue weighted by atomic mass is 16.6. The molecule has 1 aromatic heterocycles. The number of ether oxygens (including phenoxy) is 2. The molecule has 39 heavy (non-hydrogen) atoms. The smallest absolute Gasteiger partial charge is 0.409 e. The van der Waals surface area contributed by atoms with Crippen LogP contribution in [0.4, 0.5) is 4.79 Å². The first kappa shape index (κ1) is 29.1. The maximum atomic E-state index is 13.8. The van der Waals surface area contributed by atoms with Gasteiger partial charge in [-0.05, 0) is 25.5 Å².